The summed E-state index contributed by atoms with van der Waals surface area (Å²) in [7, 11) is 0. The lowest BCUT2D eigenvalue weighted by Gasteiger charge is -2.28. The van der Waals surface area contributed by atoms with Crippen LogP contribution in [0.4, 0.5) is 9.70 Å². The lowest BCUT2D eigenvalue weighted by atomic mass is 9.93. The predicted octanol–water partition coefficient (Wildman–Crippen LogP) is 3.27. The van der Waals surface area contributed by atoms with Crippen LogP contribution in [-0.2, 0) is 0 Å². The normalized spacial score (nSPS) is 28.3. The summed E-state index contributed by atoms with van der Waals surface area (Å²) in [5.41, 5.74) is 7.88. The highest BCUT2D eigenvalue weighted by Crippen LogP contribution is 2.51. The van der Waals surface area contributed by atoms with Crippen LogP contribution in [0, 0.1) is 0 Å². The van der Waals surface area contributed by atoms with Crippen LogP contribution in [0.15, 0.2) is 28.8 Å². The Labute approximate surface area is 161 Å². The molecule has 0 aromatic carbocycles. The van der Waals surface area contributed by atoms with E-state index >= 15 is 0 Å². The zero-order chi connectivity index (χ0) is 19.1. The number of aromatic nitrogens is 3. The molecular formula is C18H23FN6OS. The predicted molar refractivity (Wildman–Crippen MR) is 106 cm³/mol. The van der Waals surface area contributed by atoms with Crippen LogP contribution < -0.4 is 11.1 Å². The van der Waals surface area contributed by atoms with Crippen molar-refractivity contribution in [1.29, 1.82) is 0 Å². The molecule has 2 aliphatic carbocycles. The van der Waals surface area contributed by atoms with Gasteiger partial charge in [-0.3, -0.25) is 0 Å². The molecule has 0 saturated heterocycles. The average molecular weight is 390 g/mol. The van der Waals surface area contributed by atoms with E-state index in [-0.39, 0.29) is 17.9 Å². The Morgan fingerprint density at radius 1 is 1.44 bits per heavy atom. The molecule has 144 valence electrons. The molecule has 0 radical (unpaired) electrons. The largest absolute Gasteiger partial charge is 0.397 e. The van der Waals surface area contributed by atoms with E-state index < -0.39 is 5.60 Å². The topological polar surface area (TPSA) is 101 Å². The molecule has 4 rings (SSSR count). The summed E-state index contributed by atoms with van der Waals surface area (Å²) in [4.78, 5) is 4.34. The zero-order valence-electron chi connectivity index (χ0n) is 15.2. The first-order valence-corrected chi connectivity index (χ1v) is 9.81. The van der Waals surface area contributed by atoms with E-state index in [0.29, 0.717) is 29.2 Å². The summed E-state index contributed by atoms with van der Waals surface area (Å²) in [6, 6.07) is 3.78. The number of nitrogens with one attached hydrogen (secondary N) is 1. The van der Waals surface area contributed by atoms with Gasteiger partial charge in [-0.15, -0.1) is 8.98 Å². The molecule has 0 amide bonds. The van der Waals surface area contributed by atoms with Gasteiger partial charge in [-0.2, -0.15) is 4.40 Å². The number of hydrogen-bond acceptors (Lipinski definition) is 7. The Morgan fingerprint density at radius 2 is 2.22 bits per heavy atom. The maximum Gasteiger partial charge on any atom is 0.186 e. The van der Waals surface area contributed by atoms with E-state index in [4.69, 9.17) is 5.73 Å². The number of hydrogen-bond donors (Lipinski definition) is 3. The van der Waals surface area contributed by atoms with E-state index in [1.54, 1.807) is 16.8 Å². The van der Waals surface area contributed by atoms with E-state index in [1.165, 1.54) is 0 Å². The summed E-state index contributed by atoms with van der Waals surface area (Å²) >= 11 is -0.0777. The highest BCUT2D eigenvalue weighted by molar-refractivity contribution is 7.93. The van der Waals surface area contributed by atoms with Gasteiger partial charge in [0.15, 0.2) is 18.0 Å². The Bertz CT molecular complexity index is 916. The van der Waals surface area contributed by atoms with Crippen molar-refractivity contribution in [2.24, 2.45) is 10.1 Å². The summed E-state index contributed by atoms with van der Waals surface area (Å²) in [5, 5.41) is 18.6. The Balaban J connectivity index is 1.64. The molecule has 4 N–H and O–H groups in total. The molecule has 0 spiro atoms. The number of nitrogens with zero attached hydrogens (tertiary/aromatic N) is 4. The second kappa shape index (κ2) is 6.79. The van der Waals surface area contributed by atoms with Crippen LogP contribution in [0.25, 0.3) is 11.3 Å². The number of nitrogens with two attached hydrogens (primary N) is 1. The first-order valence-electron chi connectivity index (χ1n) is 9.13. The average Bonchev–Trinajstić information content (AvgIpc) is 3.31. The molecule has 0 unspecified atom stereocenters. The van der Waals surface area contributed by atoms with Gasteiger partial charge in [0.2, 0.25) is 0 Å². The first kappa shape index (κ1) is 18.2. The highest BCUT2D eigenvalue weighted by atomic mass is 32.2. The van der Waals surface area contributed by atoms with Gasteiger partial charge in [0, 0.05) is 5.54 Å². The van der Waals surface area contributed by atoms with Crippen molar-refractivity contribution in [3.05, 3.63) is 30.1 Å². The molecule has 0 atom stereocenters. The quantitative estimate of drug-likeness (QED) is 0.517. The summed E-state index contributed by atoms with van der Waals surface area (Å²) in [6.45, 7) is 1.89. The molecule has 0 aliphatic heterocycles. The Hall–Kier alpha value is -2.13. The van der Waals surface area contributed by atoms with Gasteiger partial charge in [0.25, 0.3) is 0 Å². The molecule has 7 nitrogen and oxygen atoms in total. The van der Waals surface area contributed by atoms with Crippen molar-refractivity contribution in [2.45, 2.75) is 56.6 Å². The monoisotopic (exact) mass is 390 g/mol. The number of anilines is 1. The minimum atomic E-state index is -0.519. The van der Waals surface area contributed by atoms with E-state index in [2.05, 4.69) is 19.8 Å². The molecule has 9 heteroatoms. The summed E-state index contributed by atoms with van der Waals surface area (Å²) in [6.07, 6.45) is 8.18. The lowest BCUT2D eigenvalue weighted by molar-refractivity contribution is 0.0521. The van der Waals surface area contributed by atoms with Crippen molar-refractivity contribution >= 4 is 35.2 Å². The fourth-order valence-corrected chi connectivity index (χ4v) is 4.52. The number of halogens is 1. The smallest absolute Gasteiger partial charge is 0.186 e. The summed E-state index contributed by atoms with van der Waals surface area (Å²) < 4.78 is 17.8. The fraction of sp³-hybridized carbons (Fsp3) is 0.500. The third-order valence-corrected chi connectivity index (χ3v) is 6.00. The molecule has 2 aliphatic rings. The standard InChI is InChI=1S/C18H23FN6OS/c1-2-12(24-27-19)9-13(20)14-10-21-16-4-3-15(23-25(14)16)22-17-5-7-18(26,11-17)8-6-17/h3-4,9-10,26H,2,5-8,11,20H2,1H3,(H,22,23). The van der Waals surface area contributed by atoms with Crippen LogP contribution >= 0.6 is 12.3 Å². The first-order chi connectivity index (χ1) is 13.0. The molecule has 2 heterocycles. The van der Waals surface area contributed by atoms with Gasteiger partial charge in [-0.1, -0.05) is 6.92 Å². The number of rotatable bonds is 6. The minimum absolute atomic E-state index is 0.0777. The second-order valence-corrected chi connectivity index (χ2v) is 7.86. The number of aliphatic hydroxyl groups is 1. The van der Waals surface area contributed by atoms with Crippen molar-refractivity contribution in [3.8, 4) is 0 Å². The van der Waals surface area contributed by atoms with Crippen molar-refractivity contribution < 1.29 is 8.99 Å². The van der Waals surface area contributed by atoms with Crippen LogP contribution in [0.5, 0.6) is 0 Å². The van der Waals surface area contributed by atoms with Crippen LogP contribution in [0.3, 0.4) is 0 Å². The van der Waals surface area contributed by atoms with Gasteiger partial charge >= 0.3 is 0 Å². The van der Waals surface area contributed by atoms with Crippen LogP contribution in [0.2, 0.25) is 0 Å². The molecule has 2 saturated carbocycles. The van der Waals surface area contributed by atoms with E-state index in [1.807, 2.05) is 19.1 Å². The van der Waals surface area contributed by atoms with Gasteiger partial charge in [0.05, 0.1) is 23.2 Å². The summed E-state index contributed by atoms with van der Waals surface area (Å²) in [5.74, 6) is 0.726. The van der Waals surface area contributed by atoms with Crippen LogP contribution in [0.1, 0.15) is 51.1 Å². The maximum absolute atomic E-state index is 12.4. The van der Waals surface area contributed by atoms with Gasteiger partial charge in [0.1, 0.15) is 11.5 Å². The molecule has 2 fully saturated rings. The van der Waals surface area contributed by atoms with Gasteiger partial charge < -0.3 is 16.2 Å². The third-order valence-electron chi connectivity index (χ3n) is 5.69. The number of fused-ring (bicyclic) bond motifs is 3. The molecule has 2 aromatic heterocycles. The van der Waals surface area contributed by atoms with Crippen LogP contribution in [-0.4, -0.2) is 36.6 Å². The van der Waals surface area contributed by atoms with Crippen molar-refractivity contribution in [1.82, 2.24) is 14.6 Å². The Morgan fingerprint density at radius 3 is 2.85 bits per heavy atom. The zero-order valence-corrected chi connectivity index (χ0v) is 16.0. The van der Waals surface area contributed by atoms with E-state index in [9.17, 15) is 8.99 Å². The van der Waals surface area contributed by atoms with E-state index in [0.717, 1.165) is 37.9 Å². The fourth-order valence-electron chi connectivity index (χ4n) is 4.25. The molecule has 27 heavy (non-hydrogen) atoms. The molecule has 2 aromatic rings. The number of imidazole rings is 1. The SMILES string of the molecule is CCC(C=C(N)c1cnc2ccc(NC34CCC(O)(CC3)C4)nn12)=NSF. The Kier molecular flexibility index (Phi) is 4.59. The maximum atomic E-state index is 12.4. The molecule has 2 bridgehead atoms. The molecular weight excluding hydrogens is 367 g/mol. The highest BCUT2D eigenvalue weighted by Gasteiger charge is 2.53. The van der Waals surface area contributed by atoms with Crippen molar-refractivity contribution in [3.63, 3.8) is 0 Å². The second-order valence-electron chi connectivity index (χ2n) is 7.54. The number of allylic oxidation sites excluding steroid dienone is 1. The van der Waals surface area contributed by atoms with Crippen molar-refractivity contribution in [2.75, 3.05) is 5.32 Å². The third kappa shape index (κ3) is 3.41. The van der Waals surface area contributed by atoms with Gasteiger partial charge in [-0.05, 0) is 56.7 Å². The van der Waals surface area contributed by atoms with Gasteiger partial charge in [-0.25, -0.2) is 9.50 Å². The lowest BCUT2D eigenvalue weighted by Crippen LogP contribution is -2.33. The minimum Gasteiger partial charge on any atom is -0.397 e.